The molecule has 0 fully saturated rings. The van der Waals surface area contributed by atoms with Crippen LogP contribution in [0.3, 0.4) is 0 Å². The highest BCUT2D eigenvalue weighted by Crippen LogP contribution is 2.28. The average molecular weight is 281 g/mol. The Balaban J connectivity index is 2.22. The molecule has 5 heteroatoms. The first-order chi connectivity index (χ1) is 10.1. The lowest BCUT2D eigenvalue weighted by Crippen LogP contribution is -2.05. The highest BCUT2D eigenvalue weighted by atomic mass is 16.3. The number of Topliss-reactive ketones (excluding diaryl/α,β-unsaturated/α-hetero) is 1. The van der Waals surface area contributed by atoms with Crippen molar-refractivity contribution in [3.63, 3.8) is 0 Å². The molecule has 0 unspecified atom stereocenters. The molecule has 0 aliphatic heterocycles. The zero-order valence-corrected chi connectivity index (χ0v) is 11.9. The van der Waals surface area contributed by atoms with Gasteiger partial charge in [0.15, 0.2) is 11.5 Å². The van der Waals surface area contributed by atoms with Gasteiger partial charge < -0.3 is 5.11 Å². The number of phenols is 1. The van der Waals surface area contributed by atoms with Gasteiger partial charge in [-0.1, -0.05) is 19.1 Å². The second kappa shape index (κ2) is 5.01. The Kier molecular flexibility index (Phi) is 3.17. The molecule has 2 aromatic carbocycles. The van der Waals surface area contributed by atoms with Crippen molar-refractivity contribution in [1.82, 2.24) is 15.0 Å². The molecule has 0 atom stereocenters. The predicted molar refractivity (Wildman–Crippen MR) is 79.9 cm³/mol. The predicted octanol–water partition coefficient (Wildman–Crippen LogP) is 3.03. The van der Waals surface area contributed by atoms with E-state index in [0.29, 0.717) is 17.7 Å². The van der Waals surface area contributed by atoms with Crippen LogP contribution in [0.1, 0.15) is 29.3 Å². The van der Waals surface area contributed by atoms with Crippen LogP contribution in [0.15, 0.2) is 36.4 Å². The first-order valence-electron chi connectivity index (χ1n) is 6.79. The van der Waals surface area contributed by atoms with Gasteiger partial charge in [0, 0.05) is 6.42 Å². The topological polar surface area (TPSA) is 68.0 Å². The molecule has 0 saturated carbocycles. The summed E-state index contributed by atoms with van der Waals surface area (Å²) in [6.45, 7) is 3.64. The molecule has 5 nitrogen and oxygen atoms in total. The number of rotatable bonds is 3. The van der Waals surface area contributed by atoms with Crippen molar-refractivity contribution in [2.75, 3.05) is 0 Å². The summed E-state index contributed by atoms with van der Waals surface area (Å²) in [4.78, 5) is 13.3. The van der Waals surface area contributed by atoms with Gasteiger partial charge in [0.05, 0.1) is 5.56 Å². The van der Waals surface area contributed by atoms with E-state index in [1.165, 1.54) is 4.80 Å². The molecule has 0 bridgehead atoms. The highest BCUT2D eigenvalue weighted by molar-refractivity contribution is 5.99. The van der Waals surface area contributed by atoms with Gasteiger partial charge in [-0.05, 0) is 36.8 Å². The largest absolute Gasteiger partial charge is 0.505 e. The van der Waals surface area contributed by atoms with Crippen LogP contribution in [0.4, 0.5) is 0 Å². The van der Waals surface area contributed by atoms with Crippen molar-refractivity contribution in [3.8, 4) is 11.4 Å². The minimum atomic E-state index is -0.103. The molecule has 3 aromatic rings. The van der Waals surface area contributed by atoms with Gasteiger partial charge in [0.2, 0.25) is 0 Å². The molecule has 1 aromatic heterocycles. The van der Waals surface area contributed by atoms with E-state index in [2.05, 4.69) is 10.2 Å². The summed E-state index contributed by atoms with van der Waals surface area (Å²) in [5, 5.41) is 19.1. The van der Waals surface area contributed by atoms with Crippen molar-refractivity contribution in [2.45, 2.75) is 20.3 Å². The van der Waals surface area contributed by atoms with Crippen LogP contribution >= 0.6 is 0 Å². The summed E-state index contributed by atoms with van der Waals surface area (Å²) in [6, 6.07) is 10.9. The van der Waals surface area contributed by atoms with Crippen molar-refractivity contribution in [1.29, 1.82) is 0 Å². The molecule has 0 aliphatic rings. The van der Waals surface area contributed by atoms with Crippen molar-refractivity contribution < 1.29 is 9.90 Å². The zero-order chi connectivity index (χ0) is 15.0. The van der Waals surface area contributed by atoms with Gasteiger partial charge in [-0.3, -0.25) is 4.79 Å². The summed E-state index contributed by atoms with van der Waals surface area (Å²) in [5.74, 6) is -0.179. The second-order valence-electron chi connectivity index (χ2n) is 4.94. The fourth-order valence-electron chi connectivity index (χ4n) is 2.28. The van der Waals surface area contributed by atoms with Gasteiger partial charge >= 0.3 is 0 Å². The minimum Gasteiger partial charge on any atom is -0.505 e. The third-order valence-electron chi connectivity index (χ3n) is 3.36. The fourth-order valence-corrected chi connectivity index (χ4v) is 2.28. The number of aryl methyl sites for hydroxylation is 1. The van der Waals surface area contributed by atoms with Gasteiger partial charge in [-0.25, -0.2) is 0 Å². The Bertz CT molecular complexity index is 804. The Hall–Kier alpha value is -2.69. The van der Waals surface area contributed by atoms with Crippen LogP contribution in [0, 0.1) is 6.92 Å². The van der Waals surface area contributed by atoms with E-state index in [1.54, 1.807) is 19.1 Å². The Morgan fingerprint density at radius 3 is 2.38 bits per heavy atom. The molecule has 21 heavy (non-hydrogen) atoms. The van der Waals surface area contributed by atoms with Crippen LogP contribution < -0.4 is 0 Å². The Morgan fingerprint density at radius 1 is 1.19 bits per heavy atom. The summed E-state index contributed by atoms with van der Waals surface area (Å²) < 4.78 is 0. The van der Waals surface area contributed by atoms with Gasteiger partial charge in [0.1, 0.15) is 16.7 Å². The molecule has 0 amide bonds. The molecule has 106 valence electrons. The Labute approximate surface area is 121 Å². The number of benzene rings is 2. The zero-order valence-electron chi connectivity index (χ0n) is 11.9. The highest BCUT2D eigenvalue weighted by Gasteiger charge is 2.17. The number of fused-ring (bicyclic) bond motifs is 1. The van der Waals surface area contributed by atoms with Crippen LogP contribution in [0.2, 0.25) is 0 Å². The standard InChI is InChI=1S/C16H15N3O2/c1-3-15(20)11-8-10(2)9-14(16(11)21)19-17-12-6-4-5-7-13(12)18-19/h4-9,21H,3H2,1-2H3. The molecule has 1 heterocycles. The van der Waals surface area contributed by atoms with E-state index in [4.69, 9.17) is 0 Å². The van der Waals surface area contributed by atoms with Gasteiger partial charge in [-0.2, -0.15) is 0 Å². The van der Waals surface area contributed by atoms with Crippen LogP contribution in [0.5, 0.6) is 5.75 Å². The monoisotopic (exact) mass is 281 g/mol. The van der Waals surface area contributed by atoms with Crippen molar-refractivity contribution >= 4 is 16.8 Å². The fraction of sp³-hybridized carbons (Fsp3) is 0.188. The third-order valence-corrected chi connectivity index (χ3v) is 3.36. The maximum atomic E-state index is 11.9. The lowest BCUT2D eigenvalue weighted by molar-refractivity contribution is 0.0985. The normalized spacial score (nSPS) is 11.0. The molecular formula is C16H15N3O2. The van der Waals surface area contributed by atoms with E-state index in [1.807, 2.05) is 31.2 Å². The smallest absolute Gasteiger partial charge is 0.166 e. The SMILES string of the molecule is CCC(=O)c1cc(C)cc(-n2nc3ccccc3n2)c1O. The Morgan fingerprint density at radius 2 is 1.81 bits per heavy atom. The third kappa shape index (κ3) is 2.27. The minimum absolute atomic E-state index is 0.0762. The lowest BCUT2D eigenvalue weighted by atomic mass is 10.0. The number of ketones is 1. The molecule has 1 N–H and O–H groups in total. The van der Waals surface area contributed by atoms with E-state index in [0.717, 1.165) is 16.6 Å². The number of aromatic nitrogens is 3. The van der Waals surface area contributed by atoms with Gasteiger partial charge in [0.25, 0.3) is 0 Å². The average Bonchev–Trinajstić information content (AvgIpc) is 2.92. The molecule has 0 radical (unpaired) electrons. The number of phenolic OH excluding ortho intramolecular Hbond substituents is 1. The van der Waals surface area contributed by atoms with E-state index in [9.17, 15) is 9.90 Å². The number of hydrogen-bond donors (Lipinski definition) is 1. The number of carbonyl (C=O) groups excluding carboxylic acids is 1. The number of aromatic hydroxyl groups is 1. The lowest BCUT2D eigenvalue weighted by Gasteiger charge is -2.09. The van der Waals surface area contributed by atoms with Crippen molar-refractivity contribution in [3.05, 3.63) is 47.5 Å². The van der Waals surface area contributed by atoms with E-state index < -0.39 is 0 Å². The van der Waals surface area contributed by atoms with Gasteiger partial charge in [-0.15, -0.1) is 15.0 Å². The van der Waals surface area contributed by atoms with Crippen molar-refractivity contribution in [2.24, 2.45) is 0 Å². The van der Waals surface area contributed by atoms with Crippen LogP contribution in [-0.4, -0.2) is 25.9 Å². The van der Waals surface area contributed by atoms with Crippen LogP contribution in [0.25, 0.3) is 16.7 Å². The summed E-state index contributed by atoms with van der Waals surface area (Å²) >= 11 is 0. The maximum absolute atomic E-state index is 11.9. The molecule has 3 rings (SSSR count). The molecule has 0 aliphatic carbocycles. The maximum Gasteiger partial charge on any atom is 0.166 e. The van der Waals surface area contributed by atoms with E-state index >= 15 is 0 Å². The summed E-state index contributed by atoms with van der Waals surface area (Å²) in [6.07, 6.45) is 0.338. The first kappa shape index (κ1) is 13.3. The molecular weight excluding hydrogens is 266 g/mol. The molecule has 0 spiro atoms. The summed E-state index contributed by atoms with van der Waals surface area (Å²) in [5.41, 5.74) is 3.08. The van der Waals surface area contributed by atoms with Crippen LogP contribution in [-0.2, 0) is 0 Å². The number of nitrogens with zero attached hydrogens (tertiary/aromatic N) is 3. The quantitative estimate of drug-likeness (QED) is 0.749. The van der Waals surface area contributed by atoms with E-state index in [-0.39, 0.29) is 11.5 Å². The first-order valence-corrected chi connectivity index (χ1v) is 6.79. The number of hydrogen-bond acceptors (Lipinski definition) is 4. The molecule has 0 saturated heterocycles. The number of carbonyl (C=O) groups is 1. The summed E-state index contributed by atoms with van der Waals surface area (Å²) in [7, 11) is 0. The second-order valence-corrected chi connectivity index (χ2v) is 4.94.